The topological polar surface area (TPSA) is 88.5 Å². The number of hydrogen-bond donors (Lipinski definition) is 2. The molecule has 0 fully saturated rings. The Balaban J connectivity index is 1.97. The van der Waals surface area contributed by atoms with Crippen LogP contribution in [0, 0.1) is 6.92 Å². The van der Waals surface area contributed by atoms with Gasteiger partial charge in [0.1, 0.15) is 12.4 Å². The van der Waals surface area contributed by atoms with Gasteiger partial charge in [0.15, 0.2) is 0 Å². The monoisotopic (exact) mass is 362 g/mol. The zero-order chi connectivity index (χ0) is 18.4. The van der Waals surface area contributed by atoms with E-state index in [-0.39, 0.29) is 12.3 Å². The number of rotatable bonds is 8. The lowest BCUT2D eigenvalue weighted by Crippen LogP contribution is -2.43. The van der Waals surface area contributed by atoms with E-state index in [4.69, 9.17) is 9.84 Å². The molecule has 0 aliphatic rings. The number of carbonyl (C=O) groups is 2. The first-order valence-electron chi connectivity index (χ1n) is 7.93. The third kappa shape index (κ3) is 6.19. The number of aryl methyl sites for hydroxylation is 1. The summed E-state index contributed by atoms with van der Waals surface area (Å²) in [5.74, 6) is -0.554. The summed E-state index contributed by atoms with van der Waals surface area (Å²) in [6, 6.07) is 6.90. The molecule has 7 heteroatoms. The Morgan fingerprint density at radius 1 is 1.36 bits per heavy atom. The molecule has 6 nitrogen and oxygen atoms in total. The Morgan fingerprint density at radius 3 is 2.76 bits per heavy atom. The van der Waals surface area contributed by atoms with Crippen molar-refractivity contribution in [3.63, 3.8) is 0 Å². The maximum Gasteiger partial charge on any atom is 0.303 e. The molecule has 25 heavy (non-hydrogen) atoms. The number of carboxylic acids is 1. The van der Waals surface area contributed by atoms with E-state index in [0.717, 1.165) is 10.7 Å². The van der Waals surface area contributed by atoms with E-state index >= 15 is 0 Å². The highest BCUT2D eigenvalue weighted by Crippen LogP contribution is 2.18. The second-order valence-electron chi connectivity index (χ2n) is 6.41. The molecule has 2 rings (SSSR count). The minimum Gasteiger partial charge on any atom is -0.487 e. The Hall–Kier alpha value is -2.41. The summed E-state index contributed by atoms with van der Waals surface area (Å²) in [7, 11) is 0. The standard InChI is InChI=1S/C18H22N2O4S/c1-12-19-14(11-25-12)10-24-15-6-4-5-13(9-15)17(23)20-18(2,3)8-7-16(21)22/h4-6,9,11H,7-8,10H2,1-3H3,(H,20,23)(H,21,22). The number of amides is 1. The van der Waals surface area contributed by atoms with Crippen LogP contribution in [0.1, 0.15) is 47.7 Å². The molecule has 2 N–H and O–H groups in total. The number of thiazole rings is 1. The second kappa shape index (κ2) is 8.11. The van der Waals surface area contributed by atoms with E-state index in [1.54, 1.807) is 49.4 Å². The van der Waals surface area contributed by atoms with Crippen molar-refractivity contribution >= 4 is 23.2 Å². The Labute approximate surface area is 150 Å². The van der Waals surface area contributed by atoms with Crippen LogP contribution in [-0.4, -0.2) is 27.5 Å². The molecule has 0 unspecified atom stereocenters. The number of carbonyl (C=O) groups excluding carboxylic acids is 1. The van der Waals surface area contributed by atoms with E-state index in [1.165, 1.54) is 0 Å². The highest BCUT2D eigenvalue weighted by Gasteiger charge is 2.22. The highest BCUT2D eigenvalue weighted by molar-refractivity contribution is 7.09. The molecule has 0 aliphatic heterocycles. The van der Waals surface area contributed by atoms with Crippen LogP contribution in [0.25, 0.3) is 0 Å². The van der Waals surface area contributed by atoms with E-state index in [9.17, 15) is 9.59 Å². The lowest BCUT2D eigenvalue weighted by molar-refractivity contribution is -0.137. The van der Waals surface area contributed by atoms with E-state index in [0.29, 0.717) is 24.3 Å². The summed E-state index contributed by atoms with van der Waals surface area (Å²) in [5.41, 5.74) is 0.715. The quantitative estimate of drug-likeness (QED) is 0.751. The first-order chi connectivity index (χ1) is 11.7. The summed E-state index contributed by atoms with van der Waals surface area (Å²) >= 11 is 1.56. The van der Waals surface area contributed by atoms with E-state index in [2.05, 4.69) is 10.3 Å². The lowest BCUT2D eigenvalue weighted by Gasteiger charge is -2.25. The second-order valence-corrected chi connectivity index (χ2v) is 7.47. The van der Waals surface area contributed by atoms with Gasteiger partial charge in [-0.25, -0.2) is 4.98 Å². The number of nitrogens with one attached hydrogen (secondary N) is 1. The van der Waals surface area contributed by atoms with Crippen LogP contribution in [0.3, 0.4) is 0 Å². The predicted octanol–water partition coefficient (Wildman–Crippen LogP) is 3.40. The van der Waals surface area contributed by atoms with Crippen molar-refractivity contribution < 1.29 is 19.4 Å². The summed E-state index contributed by atoms with van der Waals surface area (Å²) in [6.45, 7) is 5.89. The molecule has 2 aromatic rings. The Morgan fingerprint density at radius 2 is 2.12 bits per heavy atom. The number of aliphatic carboxylic acids is 1. The number of hydrogen-bond acceptors (Lipinski definition) is 5. The van der Waals surface area contributed by atoms with Crippen LogP contribution < -0.4 is 10.1 Å². The number of benzene rings is 1. The zero-order valence-electron chi connectivity index (χ0n) is 14.5. The van der Waals surface area contributed by atoms with E-state index in [1.807, 2.05) is 12.3 Å². The van der Waals surface area contributed by atoms with Crippen LogP contribution >= 0.6 is 11.3 Å². The molecule has 0 bridgehead atoms. The average Bonchev–Trinajstić information content (AvgIpc) is 2.96. The molecule has 134 valence electrons. The van der Waals surface area contributed by atoms with E-state index < -0.39 is 11.5 Å². The molecule has 0 saturated heterocycles. The fourth-order valence-electron chi connectivity index (χ4n) is 2.22. The van der Waals surface area contributed by atoms with Gasteiger partial charge in [-0.2, -0.15) is 0 Å². The fraction of sp³-hybridized carbons (Fsp3) is 0.389. The molecule has 1 heterocycles. The Bertz CT molecular complexity index is 755. The fourth-order valence-corrected chi connectivity index (χ4v) is 2.82. The molecule has 1 aromatic heterocycles. The van der Waals surface area contributed by atoms with Gasteiger partial charge in [0.2, 0.25) is 0 Å². The average molecular weight is 362 g/mol. The van der Waals surface area contributed by atoms with Gasteiger partial charge in [-0.1, -0.05) is 6.07 Å². The van der Waals surface area contributed by atoms with Gasteiger partial charge < -0.3 is 15.2 Å². The molecule has 1 amide bonds. The third-order valence-electron chi connectivity index (χ3n) is 3.57. The predicted molar refractivity (Wildman–Crippen MR) is 96.0 cm³/mol. The first-order valence-corrected chi connectivity index (χ1v) is 8.81. The number of nitrogens with zero attached hydrogens (tertiary/aromatic N) is 1. The zero-order valence-corrected chi connectivity index (χ0v) is 15.4. The molecule has 1 aromatic carbocycles. The van der Waals surface area contributed by atoms with Crippen LogP contribution in [0.4, 0.5) is 0 Å². The van der Waals surface area contributed by atoms with Crippen molar-refractivity contribution in [3.05, 3.63) is 45.9 Å². The minimum absolute atomic E-state index is 0.00346. The maximum absolute atomic E-state index is 12.4. The lowest BCUT2D eigenvalue weighted by atomic mass is 9.97. The van der Waals surface area contributed by atoms with Crippen LogP contribution in [0.15, 0.2) is 29.6 Å². The number of aromatic nitrogens is 1. The van der Waals surface area contributed by atoms with Crippen molar-refractivity contribution in [1.29, 1.82) is 0 Å². The molecule has 0 saturated carbocycles. The summed E-state index contributed by atoms with van der Waals surface area (Å²) in [5, 5.41) is 14.6. The minimum atomic E-state index is -0.880. The Kier molecular flexibility index (Phi) is 6.14. The number of ether oxygens (including phenoxy) is 1. The highest BCUT2D eigenvalue weighted by atomic mass is 32.1. The van der Waals surface area contributed by atoms with Crippen molar-refractivity contribution in [1.82, 2.24) is 10.3 Å². The number of carboxylic acid groups (broad SMARTS) is 1. The molecular weight excluding hydrogens is 340 g/mol. The van der Waals surface area contributed by atoms with Gasteiger partial charge in [-0.3, -0.25) is 9.59 Å². The van der Waals surface area contributed by atoms with Gasteiger partial charge in [-0.05, 0) is 45.4 Å². The smallest absolute Gasteiger partial charge is 0.303 e. The third-order valence-corrected chi connectivity index (χ3v) is 4.39. The van der Waals surface area contributed by atoms with Gasteiger partial charge in [0.05, 0.1) is 10.7 Å². The van der Waals surface area contributed by atoms with Crippen LogP contribution in [-0.2, 0) is 11.4 Å². The van der Waals surface area contributed by atoms with Crippen molar-refractivity contribution in [2.45, 2.75) is 45.8 Å². The summed E-state index contributed by atoms with van der Waals surface area (Å²) < 4.78 is 5.69. The largest absolute Gasteiger partial charge is 0.487 e. The summed E-state index contributed by atoms with van der Waals surface area (Å²) in [4.78, 5) is 27.4. The van der Waals surface area contributed by atoms with Gasteiger partial charge in [0, 0.05) is 22.9 Å². The molecule has 0 spiro atoms. The molecule has 0 radical (unpaired) electrons. The molecule has 0 aliphatic carbocycles. The summed E-state index contributed by atoms with van der Waals surface area (Å²) in [6.07, 6.45) is 0.358. The maximum atomic E-state index is 12.4. The molecule has 0 atom stereocenters. The van der Waals surface area contributed by atoms with Crippen LogP contribution in [0.5, 0.6) is 5.75 Å². The van der Waals surface area contributed by atoms with Crippen molar-refractivity contribution in [2.24, 2.45) is 0 Å². The van der Waals surface area contributed by atoms with Gasteiger partial charge in [0.25, 0.3) is 5.91 Å². The van der Waals surface area contributed by atoms with Gasteiger partial charge in [-0.15, -0.1) is 11.3 Å². The normalized spacial score (nSPS) is 11.2. The SMILES string of the molecule is Cc1nc(COc2cccc(C(=O)NC(C)(C)CCC(=O)O)c2)cs1. The first kappa shape index (κ1) is 18.9. The van der Waals surface area contributed by atoms with Gasteiger partial charge >= 0.3 is 5.97 Å². The van der Waals surface area contributed by atoms with Crippen molar-refractivity contribution in [3.8, 4) is 5.75 Å². The molecular formula is C18H22N2O4S. The van der Waals surface area contributed by atoms with Crippen molar-refractivity contribution in [2.75, 3.05) is 0 Å². The van der Waals surface area contributed by atoms with Crippen LogP contribution in [0.2, 0.25) is 0 Å².